The standard InChI is InChI=1S/C12H19N3/c1-9(2)8-14-12(13)15-11-7-5-4-6-10(11)3/h4-7,9H,8H2,1-3H3,(H3,13,14,15). The SMILES string of the molecule is Cc1ccccc1NC(N)=NCC(C)C. The number of aliphatic imine (C=N–C) groups is 1. The Kier molecular flexibility index (Phi) is 4.16. The largest absolute Gasteiger partial charge is 0.370 e. The highest BCUT2D eigenvalue weighted by Crippen LogP contribution is 2.12. The lowest BCUT2D eigenvalue weighted by molar-refractivity contribution is 0.665. The van der Waals surface area contributed by atoms with Gasteiger partial charge in [-0.2, -0.15) is 0 Å². The van der Waals surface area contributed by atoms with Crippen LogP contribution in [0.3, 0.4) is 0 Å². The van der Waals surface area contributed by atoms with Gasteiger partial charge in [0.2, 0.25) is 0 Å². The van der Waals surface area contributed by atoms with Crippen LogP contribution in [-0.4, -0.2) is 12.5 Å². The van der Waals surface area contributed by atoms with Crippen LogP contribution in [-0.2, 0) is 0 Å². The molecule has 0 spiro atoms. The van der Waals surface area contributed by atoms with Gasteiger partial charge in [0.1, 0.15) is 0 Å². The minimum atomic E-state index is 0.484. The molecule has 0 saturated carbocycles. The first-order valence-corrected chi connectivity index (χ1v) is 5.22. The normalized spacial score (nSPS) is 11.9. The Morgan fingerprint density at radius 3 is 2.67 bits per heavy atom. The van der Waals surface area contributed by atoms with Crippen molar-refractivity contribution in [3.05, 3.63) is 29.8 Å². The lowest BCUT2D eigenvalue weighted by Gasteiger charge is -2.08. The van der Waals surface area contributed by atoms with Crippen LogP contribution >= 0.6 is 0 Å². The molecule has 3 nitrogen and oxygen atoms in total. The maximum atomic E-state index is 5.76. The molecule has 82 valence electrons. The highest BCUT2D eigenvalue weighted by atomic mass is 15.1. The number of nitrogens with zero attached hydrogens (tertiary/aromatic N) is 1. The van der Waals surface area contributed by atoms with Crippen LogP contribution in [0.1, 0.15) is 19.4 Å². The summed E-state index contributed by atoms with van der Waals surface area (Å²) in [7, 11) is 0. The van der Waals surface area contributed by atoms with E-state index in [4.69, 9.17) is 5.73 Å². The Morgan fingerprint density at radius 1 is 1.40 bits per heavy atom. The van der Waals surface area contributed by atoms with Crippen molar-refractivity contribution in [2.45, 2.75) is 20.8 Å². The Morgan fingerprint density at radius 2 is 2.07 bits per heavy atom. The Labute approximate surface area is 91.4 Å². The highest BCUT2D eigenvalue weighted by molar-refractivity contribution is 5.92. The van der Waals surface area contributed by atoms with Gasteiger partial charge >= 0.3 is 0 Å². The molecular formula is C12H19N3. The molecule has 15 heavy (non-hydrogen) atoms. The van der Waals surface area contributed by atoms with Crippen molar-refractivity contribution in [1.82, 2.24) is 0 Å². The van der Waals surface area contributed by atoms with E-state index in [2.05, 4.69) is 24.2 Å². The fraction of sp³-hybridized carbons (Fsp3) is 0.417. The van der Waals surface area contributed by atoms with Crippen molar-refractivity contribution < 1.29 is 0 Å². The molecule has 0 amide bonds. The van der Waals surface area contributed by atoms with Crippen molar-refractivity contribution in [1.29, 1.82) is 0 Å². The predicted octanol–water partition coefficient (Wildman–Crippen LogP) is 2.38. The van der Waals surface area contributed by atoms with E-state index in [9.17, 15) is 0 Å². The second-order valence-corrected chi connectivity index (χ2v) is 4.06. The number of guanidine groups is 1. The zero-order chi connectivity index (χ0) is 11.3. The summed E-state index contributed by atoms with van der Waals surface area (Å²) < 4.78 is 0. The third kappa shape index (κ3) is 4.02. The fourth-order valence-corrected chi connectivity index (χ4v) is 1.17. The van der Waals surface area contributed by atoms with E-state index in [-0.39, 0.29) is 0 Å². The Bertz CT molecular complexity index is 342. The second-order valence-electron chi connectivity index (χ2n) is 4.06. The van der Waals surface area contributed by atoms with E-state index in [1.807, 2.05) is 31.2 Å². The van der Waals surface area contributed by atoms with Crippen LogP contribution in [0.2, 0.25) is 0 Å². The monoisotopic (exact) mass is 205 g/mol. The molecule has 3 heteroatoms. The molecule has 0 unspecified atom stereocenters. The molecule has 0 atom stereocenters. The minimum absolute atomic E-state index is 0.484. The van der Waals surface area contributed by atoms with E-state index in [1.54, 1.807) is 0 Å². The number of aryl methyl sites for hydroxylation is 1. The van der Waals surface area contributed by atoms with Gasteiger partial charge in [-0.15, -0.1) is 0 Å². The third-order valence-corrected chi connectivity index (χ3v) is 2.03. The van der Waals surface area contributed by atoms with E-state index in [1.165, 1.54) is 5.56 Å². The average Bonchev–Trinajstić information content (AvgIpc) is 2.18. The summed E-state index contributed by atoms with van der Waals surface area (Å²) in [6.45, 7) is 7.03. The summed E-state index contributed by atoms with van der Waals surface area (Å²) in [5.41, 5.74) is 7.94. The molecule has 1 rings (SSSR count). The fourth-order valence-electron chi connectivity index (χ4n) is 1.17. The van der Waals surface area contributed by atoms with E-state index >= 15 is 0 Å². The van der Waals surface area contributed by atoms with Crippen LogP contribution < -0.4 is 11.1 Å². The van der Waals surface area contributed by atoms with E-state index in [0.717, 1.165) is 12.2 Å². The molecule has 0 radical (unpaired) electrons. The summed E-state index contributed by atoms with van der Waals surface area (Å²) in [5, 5.41) is 3.09. The Balaban J connectivity index is 2.62. The molecule has 0 bridgehead atoms. The summed E-state index contributed by atoms with van der Waals surface area (Å²) in [5.74, 6) is 1.01. The van der Waals surface area contributed by atoms with Crippen LogP contribution in [0.4, 0.5) is 5.69 Å². The quantitative estimate of drug-likeness (QED) is 0.588. The molecule has 0 aliphatic carbocycles. The average molecular weight is 205 g/mol. The van der Waals surface area contributed by atoms with Crippen LogP contribution in [0.5, 0.6) is 0 Å². The molecule has 1 aromatic rings. The van der Waals surface area contributed by atoms with Crippen molar-refractivity contribution in [2.75, 3.05) is 11.9 Å². The van der Waals surface area contributed by atoms with Gasteiger partial charge in [-0.1, -0.05) is 32.0 Å². The third-order valence-electron chi connectivity index (χ3n) is 2.03. The van der Waals surface area contributed by atoms with Gasteiger partial charge in [0, 0.05) is 12.2 Å². The van der Waals surface area contributed by atoms with Gasteiger partial charge in [-0.05, 0) is 24.5 Å². The van der Waals surface area contributed by atoms with Crippen LogP contribution in [0, 0.1) is 12.8 Å². The maximum Gasteiger partial charge on any atom is 0.193 e. The molecular weight excluding hydrogens is 186 g/mol. The van der Waals surface area contributed by atoms with Gasteiger partial charge in [0.25, 0.3) is 0 Å². The van der Waals surface area contributed by atoms with Gasteiger partial charge in [-0.3, -0.25) is 4.99 Å². The molecule has 0 aromatic heterocycles. The molecule has 0 aliphatic heterocycles. The summed E-state index contributed by atoms with van der Waals surface area (Å²) in [4.78, 5) is 4.24. The van der Waals surface area contributed by atoms with Crippen molar-refractivity contribution in [3.8, 4) is 0 Å². The van der Waals surface area contributed by atoms with Gasteiger partial charge in [0.05, 0.1) is 0 Å². The Hall–Kier alpha value is -1.51. The van der Waals surface area contributed by atoms with Crippen molar-refractivity contribution in [3.63, 3.8) is 0 Å². The van der Waals surface area contributed by atoms with Crippen LogP contribution in [0.25, 0.3) is 0 Å². The number of para-hydroxylation sites is 1. The van der Waals surface area contributed by atoms with E-state index < -0.39 is 0 Å². The number of hydrogen-bond donors (Lipinski definition) is 2. The molecule has 1 aromatic carbocycles. The number of rotatable bonds is 3. The van der Waals surface area contributed by atoms with Gasteiger partial charge in [0.15, 0.2) is 5.96 Å². The lowest BCUT2D eigenvalue weighted by Crippen LogP contribution is -2.23. The second kappa shape index (κ2) is 5.39. The molecule has 3 N–H and O–H groups in total. The zero-order valence-corrected chi connectivity index (χ0v) is 9.62. The first-order valence-electron chi connectivity index (χ1n) is 5.22. The number of nitrogens with two attached hydrogens (primary N) is 1. The molecule has 0 fully saturated rings. The number of benzene rings is 1. The maximum absolute atomic E-state index is 5.76. The lowest BCUT2D eigenvalue weighted by atomic mass is 10.2. The van der Waals surface area contributed by atoms with Gasteiger partial charge in [-0.25, -0.2) is 0 Å². The smallest absolute Gasteiger partial charge is 0.193 e. The number of hydrogen-bond acceptors (Lipinski definition) is 1. The molecule has 0 saturated heterocycles. The van der Waals surface area contributed by atoms with Gasteiger partial charge < -0.3 is 11.1 Å². The summed E-state index contributed by atoms with van der Waals surface area (Å²) in [6.07, 6.45) is 0. The first kappa shape index (κ1) is 11.6. The summed E-state index contributed by atoms with van der Waals surface area (Å²) in [6, 6.07) is 8.01. The minimum Gasteiger partial charge on any atom is -0.370 e. The van der Waals surface area contributed by atoms with Crippen molar-refractivity contribution >= 4 is 11.6 Å². The van der Waals surface area contributed by atoms with E-state index in [0.29, 0.717) is 11.9 Å². The number of nitrogens with one attached hydrogen (secondary N) is 1. The van der Waals surface area contributed by atoms with Crippen molar-refractivity contribution in [2.24, 2.45) is 16.6 Å². The first-order chi connectivity index (χ1) is 7.09. The highest BCUT2D eigenvalue weighted by Gasteiger charge is 1.98. The molecule has 0 aliphatic rings. The van der Waals surface area contributed by atoms with Crippen LogP contribution in [0.15, 0.2) is 29.3 Å². The number of anilines is 1. The zero-order valence-electron chi connectivity index (χ0n) is 9.62. The predicted molar refractivity (Wildman–Crippen MR) is 66.1 cm³/mol. The summed E-state index contributed by atoms with van der Waals surface area (Å²) >= 11 is 0. The topological polar surface area (TPSA) is 50.4 Å². The molecule has 0 heterocycles.